The molecule has 1 N–H and O–H groups in total. The van der Waals surface area contributed by atoms with Crippen molar-refractivity contribution in [3.63, 3.8) is 0 Å². The van der Waals surface area contributed by atoms with Crippen LogP contribution in [0, 0.1) is 11.8 Å². The Morgan fingerprint density at radius 2 is 2.42 bits per heavy atom. The molecule has 1 saturated heterocycles. The van der Waals surface area contributed by atoms with E-state index in [1.54, 1.807) is 6.92 Å². The van der Waals surface area contributed by atoms with Gasteiger partial charge < -0.3 is 5.11 Å². The summed E-state index contributed by atoms with van der Waals surface area (Å²) in [4.78, 5) is 1.92. The molecule has 12 heavy (non-hydrogen) atoms. The number of hydrogen-bond acceptors (Lipinski definition) is 2. The minimum atomic E-state index is -1.38. The first-order chi connectivity index (χ1) is 5.70. The van der Waals surface area contributed by atoms with Gasteiger partial charge in [-0.2, -0.15) is 0 Å². The van der Waals surface area contributed by atoms with Crippen molar-refractivity contribution in [3.8, 4) is 11.8 Å². The van der Waals surface area contributed by atoms with Crippen LogP contribution in [0.5, 0.6) is 0 Å². The number of rotatable bonds is 2. The molecule has 2 nitrogen and oxygen atoms in total. The predicted octanol–water partition coefficient (Wildman–Crippen LogP) is 0.416. The van der Waals surface area contributed by atoms with Crippen molar-refractivity contribution in [2.75, 3.05) is 26.2 Å². The van der Waals surface area contributed by atoms with Crippen LogP contribution in [0.25, 0.3) is 0 Å². The van der Waals surface area contributed by atoms with Gasteiger partial charge in [-0.3, -0.25) is 4.90 Å². The highest BCUT2D eigenvalue weighted by molar-refractivity contribution is 5.01. The molecule has 68 valence electrons. The van der Waals surface area contributed by atoms with Gasteiger partial charge >= 0.3 is 0 Å². The lowest BCUT2D eigenvalue weighted by atomic mass is 10.1. The van der Waals surface area contributed by atoms with Gasteiger partial charge in [0, 0.05) is 13.1 Å². The van der Waals surface area contributed by atoms with E-state index >= 15 is 0 Å². The standard InChI is InChI=1S/C9H14FNO/c1-2-3-5-11-6-4-9(10,7-11)8-12/h12H,4-8H2,1H3. The Morgan fingerprint density at radius 1 is 1.67 bits per heavy atom. The van der Waals surface area contributed by atoms with Gasteiger partial charge in [-0.05, 0) is 13.3 Å². The third-order valence-corrected chi connectivity index (χ3v) is 2.15. The van der Waals surface area contributed by atoms with Crippen molar-refractivity contribution in [2.24, 2.45) is 0 Å². The fourth-order valence-electron chi connectivity index (χ4n) is 1.37. The molecule has 0 radical (unpaired) electrons. The SMILES string of the molecule is CC#CCN1CCC(F)(CO)C1. The number of nitrogens with zero attached hydrogens (tertiary/aromatic N) is 1. The minimum Gasteiger partial charge on any atom is -0.393 e. The van der Waals surface area contributed by atoms with Crippen LogP contribution in [-0.2, 0) is 0 Å². The predicted molar refractivity (Wildman–Crippen MR) is 45.4 cm³/mol. The summed E-state index contributed by atoms with van der Waals surface area (Å²) in [5, 5.41) is 8.73. The Labute approximate surface area is 72.4 Å². The molecule has 0 amide bonds. The smallest absolute Gasteiger partial charge is 0.147 e. The van der Waals surface area contributed by atoms with Crippen LogP contribution in [0.15, 0.2) is 0 Å². The van der Waals surface area contributed by atoms with E-state index in [-0.39, 0.29) is 6.61 Å². The average molecular weight is 171 g/mol. The maximum Gasteiger partial charge on any atom is 0.147 e. The van der Waals surface area contributed by atoms with Gasteiger partial charge in [-0.25, -0.2) is 4.39 Å². The van der Waals surface area contributed by atoms with Gasteiger partial charge in [0.1, 0.15) is 5.67 Å². The Kier molecular flexibility index (Phi) is 3.07. The summed E-state index contributed by atoms with van der Waals surface area (Å²) >= 11 is 0. The first-order valence-corrected chi connectivity index (χ1v) is 4.12. The van der Waals surface area contributed by atoms with Crippen LogP contribution in [-0.4, -0.2) is 41.9 Å². The second kappa shape index (κ2) is 3.88. The topological polar surface area (TPSA) is 23.5 Å². The zero-order valence-electron chi connectivity index (χ0n) is 7.31. The van der Waals surface area contributed by atoms with Crippen LogP contribution in [0.1, 0.15) is 13.3 Å². The molecule has 0 bridgehead atoms. The van der Waals surface area contributed by atoms with Gasteiger partial charge in [0.25, 0.3) is 0 Å². The van der Waals surface area contributed by atoms with Crippen molar-refractivity contribution < 1.29 is 9.50 Å². The molecule has 0 saturated carbocycles. The number of aliphatic hydroxyl groups excluding tert-OH is 1. The second-order valence-electron chi connectivity index (χ2n) is 3.20. The Bertz CT molecular complexity index is 208. The van der Waals surface area contributed by atoms with E-state index in [9.17, 15) is 4.39 Å². The van der Waals surface area contributed by atoms with Crippen LogP contribution in [0.3, 0.4) is 0 Å². The summed E-state index contributed by atoms with van der Waals surface area (Å²) in [7, 11) is 0. The number of hydrogen-bond donors (Lipinski definition) is 1. The van der Waals surface area contributed by atoms with Crippen LogP contribution < -0.4 is 0 Å². The molecule has 1 aliphatic rings. The first kappa shape index (κ1) is 9.50. The summed E-state index contributed by atoms with van der Waals surface area (Å²) in [5.74, 6) is 5.64. The van der Waals surface area contributed by atoms with E-state index in [0.717, 1.165) is 0 Å². The summed E-state index contributed by atoms with van der Waals surface area (Å²) in [6.45, 7) is 3.03. The third-order valence-electron chi connectivity index (χ3n) is 2.15. The molecular formula is C9H14FNO. The summed E-state index contributed by atoms with van der Waals surface area (Å²) < 4.78 is 13.4. The fourth-order valence-corrected chi connectivity index (χ4v) is 1.37. The molecule has 0 spiro atoms. The summed E-state index contributed by atoms with van der Waals surface area (Å²) in [5.41, 5.74) is -1.38. The summed E-state index contributed by atoms with van der Waals surface area (Å²) in [6, 6.07) is 0. The van der Waals surface area contributed by atoms with Crippen LogP contribution >= 0.6 is 0 Å². The monoisotopic (exact) mass is 171 g/mol. The number of alkyl halides is 1. The normalized spacial score (nSPS) is 29.9. The Morgan fingerprint density at radius 3 is 2.92 bits per heavy atom. The lowest BCUT2D eigenvalue weighted by Crippen LogP contribution is -2.32. The molecule has 1 heterocycles. The molecule has 1 fully saturated rings. The van der Waals surface area contributed by atoms with Crippen molar-refractivity contribution in [1.82, 2.24) is 4.90 Å². The molecule has 0 aromatic heterocycles. The van der Waals surface area contributed by atoms with Crippen molar-refractivity contribution >= 4 is 0 Å². The van der Waals surface area contributed by atoms with Crippen LogP contribution in [0.2, 0.25) is 0 Å². The molecule has 0 aliphatic carbocycles. The Hall–Kier alpha value is -0.590. The largest absolute Gasteiger partial charge is 0.393 e. The molecule has 1 atom stereocenters. The maximum atomic E-state index is 13.4. The van der Waals surface area contributed by atoms with E-state index in [1.807, 2.05) is 4.90 Å². The highest BCUT2D eigenvalue weighted by Gasteiger charge is 2.37. The van der Waals surface area contributed by atoms with Crippen molar-refractivity contribution in [3.05, 3.63) is 0 Å². The van der Waals surface area contributed by atoms with Gasteiger partial charge in [0.05, 0.1) is 13.2 Å². The number of aliphatic hydroxyl groups is 1. The van der Waals surface area contributed by atoms with Gasteiger partial charge in [-0.1, -0.05) is 5.92 Å². The maximum absolute atomic E-state index is 13.4. The van der Waals surface area contributed by atoms with Crippen molar-refractivity contribution in [1.29, 1.82) is 0 Å². The van der Waals surface area contributed by atoms with E-state index in [4.69, 9.17) is 5.11 Å². The van der Waals surface area contributed by atoms with Gasteiger partial charge in [-0.15, -0.1) is 5.92 Å². The molecule has 0 aromatic rings. The van der Waals surface area contributed by atoms with Gasteiger partial charge in [0.2, 0.25) is 0 Å². The third kappa shape index (κ3) is 2.20. The van der Waals surface area contributed by atoms with E-state index in [2.05, 4.69) is 11.8 Å². The molecule has 1 aliphatic heterocycles. The molecule has 0 aromatic carbocycles. The molecule has 1 rings (SSSR count). The van der Waals surface area contributed by atoms with Crippen LogP contribution in [0.4, 0.5) is 4.39 Å². The minimum absolute atomic E-state index is 0.318. The molecular weight excluding hydrogens is 157 g/mol. The highest BCUT2D eigenvalue weighted by atomic mass is 19.1. The second-order valence-corrected chi connectivity index (χ2v) is 3.20. The molecule has 3 heteroatoms. The van der Waals surface area contributed by atoms with Crippen molar-refractivity contribution in [2.45, 2.75) is 19.0 Å². The first-order valence-electron chi connectivity index (χ1n) is 4.12. The zero-order chi connectivity index (χ0) is 9.03. The lowest BCUT2D eigenvalue weighted by molar-refractivity contribution is 0.0793. The van der Waals surface area contributed by atoms with E-state index in [0.29, 0.717) is 26.1 Å². The number of halogens is 1. The highest BCUT2D eigenvalue weighted by Crippen LogP contribution is 2.24. The average Bonchev–Trinajstić information content (AvgIpc) is 2.45. The van der Waals surface area contributed by atoms with Gasteiger partial charge in [0.15, 0.2) is 0 Å². The molecule has 1 unspecified atom stereocenters. The fraction of sp³-hybridized carbons (Fsp3) is 0.778. The summed E-state index contributed by atoms with van der Waals surface area (Å²) in [6.07, 6.45) is 0.425. The number of likely N-dealkylation sites (tertiary alicyclic amines) is 1. The quantitative estimate of drug-likeness (QED) is 0.608. The lowest BCUT2D eigenvalue weighted by Gasteiger charge is -2.16. The van der Waals surface area contributed by atoms with E-state index < -0.39 is 5.67 Å². The Balaban J connectivity index is 2.38. The zero-order valence-corrected chi connectivity index (χ0v) is 7.31. The van der Waals surface area contributed by atoms with E-state index in [1.165, 1.54) is 0 Å².